The third-order valence-corrected chi connectivity index (χ3v) is 6.45. The number of hydrogen-bond donors (Lipinski definition) is 1. The first-order chi connectivity index (χ1) is 14.3. The number of aromatic nitrogens is 2. The molecule has 0 spiro atoms. The molecule has 9 nitrogen and oxygen atoms in total. The number of nitrogens with zero attached hydrogens (tertiary/aromatic N) is 4. The number of nitro groups is 1. The van der Waals surface area contributed by atoms with E-state index in [0.29, 0.717) is 26.3 Å². The molecule has 1 aromatic carbocycles. The second kappa shape index (κ2) is 7.43. The van der Waals surface area contributed by atoms with E-state index in [4.69, 9.17) is 0 Å². The van der Waals surface area contributed by atoms with Gasteiger partial charge in [-0.25, -0.2) is 9.97 Å². The molecule has 3 aromatic rings. The van der Waals surface area contributed by atoms with E-state index in [1.807, 2.05) is 0 Å². The average molecular weight is 442 g/mol. The Balaban J connectivity index is 1.87. The zero-order valence-electron chi connectivity index (χ0n) is 15.7. The van der Waals surface area contributed by atoms with Crippen molar-refractivity contribution in [2.45, 2.75) is 19.9 Å². The average Bonchev–Trinajstić information content (AvgIpc) is 3.41. The number of benzene rings is 1. The van der Waals surface area contributed by atoms with Crippen LogP contribution in [0.5, 0.6) is 0 Å². The standard InChI is InChI=1S/C19H14N4O5S2/c1-9-17(30-10(2)21-9)15(24)13-14(11-3-5-12(6-4-11)23(27)28)22(18(26)16(13)25)19-20-7-8-29-19/h3-8,14,25H,1-2H3. The van der Waals surface area contributed by atoms with E-state index in [0.717, 1.165) is 0 Å². The van der Waals surface area contributed by atoms with Gasteiger partial charge in [-0.15, -0.1) is 22.7 Å². The summed E-state index contributed by atoms with van der Waals surface area (Å²) in [7, 11) is 0. The minimum atomic E-state index is -0.973. The van der Waals surface area contributed by atoms with Crippen molar-refractivity contribution in [2.75, 3.05) is 4.90 Å². The van der Waals surface area contributed by atoms with Crippen molar-refractivity contribution in [3.05, 3.63) is 78.4 Å². The van der Waals surface area contributed by atoms with Crippen molar-refractivity contribution in [3.8, 4) is 0 Å². The second-order valence-corrected chi connectivity index (χ2v) is 8.56. The highest BCUT2D eigenvalue weighted by atomic mass is 32.1. The van der Waals surface area contributed by atoms with Crippen LogP contribution in [0, 0.1) is 24.0 Å². The van der Waals surface area contributed by atoms with Gasteiger partial charge in [-0.1, -0.05) is 0 Å². The van der Waals surface area contributed by atoms with E-state index in [9.17, 15) is 24.8 Å². The maximum absolute atomic E-state index is 13.4. The summed E-state index contributed by atoms with van der Waals surface area (Å²) < 4.78 is 0. The molecular formula is C19H14N4O5S2. The molecule has 0 saturated heterocycles. The number of aliphatic hydroxyl groups is 1. The third-order valence-electron chi connectivity index (χ3n) is 4.61. The molecule has 1 unspecified atom stereocenters. The minimum absolute atomic E-state index is 0.101. The molecule has 1 N–H and O–H groups in total. The van der Waals surface area contributed by atoms with Crippen molar-refractivity contribution in [3.63, 3.8) is 0 Å². The number of ketones is 1. The van der Waals surface area contributed by atoms with Gasteiger partial charge in [0.05, 0.1) is 32.1 Å². The molecule has 3 heterocycles. The number of Topliss-reactive ketones (excluding diaryl/α,β-unsaturated/α-hetero) is 1. The van der Waals surface area contributed by atoms with Crippen molar-refractivity contribution in [1.82, 2.24) is 9.97 Å². The quantitative estimate of drug-likeness (QED) is 0.360. The molecule has 1 amide bonds. The first-order valence-corrected chi connectivity index (χ1v) is 10.4. The number of thiazole rings is 2. The van der Waals surface area contributed by atoms with Crippen LogP contribution in [0.4, 0.5) is 10.8 Å². The van der Waals surface area contributed by atoms with Crippen LogP contribution in [0.3, 0.4) is 0 Å². The number of amides is 1. The zero-order chi connectivity index (χ0) is 21.6. The van der Waals surface area contributed by atoms with Gasteiger partial charge in [0.1, 0.15) is 0 Å². The van der Waals surface area contributed by atoms with Gasteiger partial charge in [0.15, 0.2) is 10.9 Å². The van der Waals surface area contributed by atoms with Gasteiger partial charge in [0.25, 0.3) is 11.6 Å². The van der Waals surface area contributed by atoms with Crippen LogP contribution in [0.2, 0.25) is 0 Å². The molecule has 0 bridgehead atoms. The fourth-order valence-corrected chi connectivity index (χ4v) is 4.87. The van der Waals surface area contributed by atoms with Gasteiger partial charge in [-0.2, -0.15) is 0 Å². The molecule has 4 rings (SSSR count). The summed E-state index contributed by atoms with van der Waals surface area (Å²) in [5, 5.41) is 24.3. The first kappa shape index (κ1) is 19.9. The molecule has 1 aliphatic rings. The van der Waals surface area contributed by atoms with Crippen LogP contribution in [0.1, 0.15) is 32.0 Å². The summed E-state index contributed by atoms with van der Waals surface area (Å²) in [5.74, 6) is -1.93. The topological polar surface area (TPSA) is 127 Å². The van der Waals surface area contributed by atoms with E-state index in [2.05, 4.69) is 9.97 Å². The molecule has 0 saturated carbocycles. The number of rotatable bonds is 5. The summed E-state index contributed by atoms with van der Waals surface area (Å²) in [6.07, 6.45) is 1.51. The number of aliphatic hydroxyl groups excluding tert-OH is 1. The second-order valence-electron chi connectivity index (χ2n) is 6.48. The molecule has 1 atom stereocenters. The van der Waals surface area contributed by atoms with E-state index < -0.39 is 28.4 Å². The fourth-order valence-electron chi connectivity index (χ4n) is 3.33. The highest BCUT2D eigenvalue weighted by molar-refractivity contribution is 7.14. The molecule has 1 aliphatic heterocycles. The van der Waals surface area contributed by atoms with Crippen molar-refractivity contribution >= 4 is 45.2 Å². The SMILES string of the molecule is Cc1nc(C)c(C(=O)C2=C(O)C(=O)N(c3nccs3)C2c2ccc([N+](=O)[O-])cc2)s1. The molecule has 0 radical (unpaired) electrons. The Morgan fingerprint density at radius 2 is 1.97 bits per heavy atom. The number of carbonyl (C=O) groups excluding carboxylic acids is 2. The van der Waals surface area contributed by atoms with Crippen LogP contribution in [0.15, 0.2) is 47.2 Å². The predicted octanol–water partition coefficient (Wildman–Crippen LogP) is 3.91. The zero-order valence-corrected chi connectivity index (χ0v) is 17.4. The van der Waals surface area contributed by atoms with Crippen molar-refractivity contribution in [1.29, 1.82) is 0 Å². The lowest BCUT2D eigenvalue weighted by molar-refractivity contribution is -0.384. The Labute approximate surface area is 178 Å². The predicted molar refractivity (Wildman–Crippen MR) is 111 cm³/mol. The summed E-state index contributed by atoms with van der Waals surface area (Å²) in [6, 6.07) is 4.54. The Morgan fingerprint density at radius 3 is 2.50 bits per heavy atom. The Bertz CT molecular complexity index is 1200. The van der Waals surface area contributed by atoms with Gasteiger partial charge >= 0.3 is 0 Å². The number of carbonyl (C=O) groups is 2. The number of hydrogen-bond acceptors (Lipinski definition) is 9. The molecule has 30 heavy (non-hydrogen) atoms. The first-order valence-electron chi connectivity index (χ1n) is 8.69. The van der Waals surface area contributed by atoms with Crippen LogP contribution in [-0.4, -0.2) is 31.7 Å². The number of non-ortho nitro benzene ring substituents is 1. The van der Waals surface area contributed by atoms with Crippen LogP contribution in [0.25, 0.3) is 0 Å². The maximum atomic E-state index is 13.4. The summed E-state index contributed by atoms with van der Waals surface area (Å²) in [4.78, 5) is 46.7. The Kier molecular flexibility index (Phi) is 4.92. The van der Waals surface area contributed by atoms with Crippen molar-refractivity contribution in [2.24, 2.45) is 0 Å². The van der Waals surface area contributed by atoms with E-state index in [-0.39, 0.29) is 11.3 Å². The molecule has 11 heteroatoms. The molecule has 0 aliphatic carbocycles. The number of nitro benzene ring substituents is 1. The summed E-state index contributed by atoms with van der Waals surface area (Å²) in [5.41, 5.74) is 0.718. The lowest BCUT2D eigenvalue weighted by Gasteiger charge is -2.24. The largest absolute Gasteiger partial charge is 0.503 e. The number of anilines is 1. The Hall–Kier alpha value is -3.44. The smallest absolute Gasteiger partial charge is 0.296 e. The lowest BCUT2D eigenvalue weighted by atomic mass is 9.95. The van der Waals surface area contributed by atoms with Crippen LogP contribution < -0.4 is 4.90 Å². The molecular weight excluding hydrogens is 428 g/mol. The number of aryl methyl sites for hydroxylation is 2. The normalized spacial score (nSPS) is 16.4. The van der Waals surface area contributed by atoms with Crippen LogP contribution >= 0.6 is 22.7 Å². The third kappa shape index (κ3) is 3.17. The van der Waals surface area contributed by atoms with Crippen LogP contribution in [-0.2, 0) is 4.79 Å². The highest BCUT2D eigenvalue weighted by Gasteiger charge is 2.46. The minimum Gasteiger partial charge on any atom is -0.503 e. The van der Waals surface area contributed by atoms with Gasteiger partial charge < -0.3 is 5.11 Å². The van der Waals surface area contributed by atoms with Gasteiger partial charge in [0.2, 0.25) is 5.78 Å². The van der Waals surface area contributed by atoms with Crippen molar-refractivity contribution < 1.29 is 19.6 Å². The molecule has 152 valence electrons. The van der Waals surface area contributed by atoms with Gasteiger partial charge in [-0.05, 0) is 31.5 Å². The summed E-state index contributed by atoms with van der Waals surface area (Å²) in [6.45, 7) is 3.45. The highest BCUT2D eigenvalue weighted by Crippen LogP contribution is 2.43. The lowest BCUT2D eigenvalue weighted by Crippen LogP contribution is -2.30. The van der Waals surface area contributed by atoms with Gasteiger partial charge in [0, 0.05) is 23.7 Å². The van der Waals surface area contributed by atoms with Gasteiger partial charge in [-0.3, -0.25) is 24.6 Å². The van der Waals surface area contributed by atoms with E-state index >= 15 is 0 Å². The molecule has 2 aromatic heterocycles. The Morgan fingerprint density at radius 1 is 1.27 bits per heavy atom. The molecule has 0 fully saturated rings. The van der Waals surface area contributed by atoms with E-state index in [1.165, 1.54) is 58.0 Å². The fraction of sp³-hybridized carbons (Fsp3) is 0.158. The van der Waals surface area contributed by atoms with E-state index in [1.54, 1.807) is 19.2 Å². The maximum Gasteiger partial charge on any atom is 0.296 e. The summed E-state index contributed by atoms with van der Waals surface area (Å²) >= 11 is 2.35. The monoisotopic (exact) mass is 442 g/mol.